The second-order valence-corrected chi connectivity index (χ2v) is 6.01. The van der Waals surface area contributed by atoms with Crippen LogP contribution in [-0.2, 0) is 11.2 Å². The molecule has 0 atom stereocenters. The molecule has 0 saturated carbocycles. The second-order valence-electron chi connectivity index (χ2n) is 5.57. The molecule has 0 bridgehead atoms. The molecule has 0 amide bonds. The lowest BCUT2D eigenvalue weighted by molar-refractivity contribution is -0.133. The van der Waals surface area contributed by atoms with Crippen LogP contribution in [0.25, 0.3) is 10.8 Å². The SMILES string of the molecule is COc1c(OC)c(OC(=O)Cc2ccccc2)c2cc(Cl)ccc2c1O. The Balaban J connectivity index is 2.09. The van der Waals surface area contributed by atoms with E-state index in [9.17, 15) is 9.90 Å². The van der Waals surface area contributed by atoms with Gasteiger partial charge in [-0.2, -0.15) is 0 Å². The number of fused-ring (bicyclic) bond motifs is 1. The van der Waals surface area contributed by atoms with Gasteiger partial charge in [-0.1, -0.05) is 41.9 Å². The zero-order valence-corrected chi connectivity index (χ0v) is 15.0. The second kappa shape index (κ2) is 7.54. The van der Waals surface area contributed by atoms with Gasteiger partial charge in [0.1, 0.15) is 0 Å². The van der Waals surface area contributed by atoms with Crippen LogP contribution in [0.5, 0.6) is 23.0 Å². The average molecular weight is 373 g/mol. The van der Waals surface area contributed by atoms with Crippen molar-refractivity contribution < 1.29 is 24.1 Å². The summed E-state index contributed by atoms with van der Waals surface area (Å²) in [4.78, 5) is 12.4. The van der Waals surface area contributed by atoms with Crippen LogP contribution >= 0.6 is 11.6 Å². The molecule has 5 nitrogen and oxygen atoms in total. The van der Waals surface area contributed by atoms with E-state index in [0.717, 1.165) is 5.56 Å². The highest BCUT2D eigenvalue weighted by molar-refractivity contribution is 6.31. The molecule has 0 aliphatic heterocycles. The van der Waals surface area contributed by atoms with Crippen molar-refractivity contribution in [2.75, 3.05) is 14.2 Å². The summed E-state index contributed by atoms with van der Waals surface area (Å²) in [6.45, 7) is 0. The average Bonchev–Trinajstić information content (AvgIpc) is 2.64. The van der Waals surface area contributed by atoms with Gasteiger partial charge in [0.25, 0.3) is 0 Å². The summed E-state index contributed by atoms with van der Waals surface area (Å²) in [7, 11) is 2.80. The number of halogens is 1. The van der Waals surface area contributed by atoms with E-state index in [1.165, 1.54) is 14.2 Å². The number of benzene rings is 3. The van der Waals surface area contributed by atoms with Crippen molar-refractivity contribution in [1.29, 1.82) is 0 Å². The Morgan fingerprint density at radius 2 is 1.65 bits per heavy atom. The van der Waals surface area contributed by atoms with Gasteiger partial charge in [-0.15, -0.1) is 0 Å². The number of methoxy groups -OCH3 is 2. The van der Waals surface area contributed by atoms with Gasteiger partial charge in [0, 0.05) is 15.8 Å². The van der Waals surface area contributed by atoms with Crippen LogP contribution in [0.3, 0.4) is 0 Å². The number of phenolic OH excluding ortho intramolecular Hbond substituents is 1. The first-order valence-corrected chi connectivity index (χ1v) is 8.23. The highest BCUT2D eigenvalue weighted by Gasteiger charge is 2.24. The normalized spacial score (nSPS) is 10.6. The van der Waals surface area contributed by atoms with Crippen LogP contribution in [0.2, 0.25) is 5.02 Å². The summed E-state index contributed by atoms with van der Waals surface area (Å²) >= 11 is 6.08. The molecule has 6 heteroatoms. The highest BCUT2D eigenvalue weighted by Crippen LogP contribution is 2.50. The van der Waals surface area contributed by atoms with E-state index in [4.69, 9.17) is 25.8 Å². The van der Waals surface area contributed by atoms with Gasteiger partial charge in [0.15, 0.2) is 11.5 Å². The molecule has 0 radical (unpaired) electrons. The molecule has 0 fully saturated rings. The Morgan fingerprint density at radius 3 is 2.31 bits per heavy atom. The van der Waals surface area contributed by atoms with Crippen LogP contribution in [0.4, 0.5) is 0 Å². The zero-order valence-electron chi connectivity index (χ0n) is 14.3. The third-order valence-corrected chi connectivity index (χ3v) is 4.16. The lowest BCUT2D eigenvalue weighted by Crippen LogP contribution is -2.12. The van der Waals surface area contributed by atoms with E-state index in [1.807, 2.05) is 30.3 Å². The standard InChI is InChI=1S/C20H17ClO5/c1-24-19-17(23)14-9-8-13(21)11-15(14)18(20(19)25-2)26-16(22)10-12-6-4-3-5-7-12/h3-9,11,23H,10H2,1-2H3. The highest BCUT2D eigenvalue weighted by atomic mass is 35.5. The fourth-order valence-electron chi connectivity index (χ4n) is 2.75. The Morgan fingerprint density at radius 1 is 0.962 bits per heavy atom. The van der Waals surface area contributed by atoms with E-state index >= 15 is 0 Å². The van der Waals surface area contributed by atoms with Crippen molar-refractivity contribution in [2.45, 2.75) is 6.42 Å². The molecule has 134 valence electrons. The van der Waals surface area contributed by atoms with E-state index in [0.29, 0.717) is 15.8 Å². The lowest BCUT2D eigenvalue weighted by Gasteiger charge is -2.17. The molecule has 0 unspecified atom stereocenters. The predicted molar refractivity (Wildman–Crippen MR) is 99.5 cm³/mol. The number of rotatable bonds is 5. The largest absolute Gasteiger partial charge is 0.504 e. The summed E-state index contributed by atoms with van der Waals surface area (Å²) in [5.41, 5.74) is 0.824. The molecular weight excluding hydrogens is 356 g/mol. The minimum Gasteiger partial charge on any atom is -0.504 e. The van der Waals surface area contributed by atoms with Crippen LogP contribution in [0, 0.1) is 0 Å². The monoisotopic (exact) mass is 372 g/mol. The molecule has 26 heavy (non-hydrogen) atoms. The Labute approximate surface area is 155 Å². The molecule has 1 N–H and O–H groups in total. The van der Waals surface area contributed by atoms with E-state index in [2.05, 4.69) is 0 Å². The summed E-state index contributed by atoms with van der Waals surface area (Å²) in [6, 6.07) is 14.1. The third-order valence-electron chi connectivity index (χ3n) is 3.92. The summed E-state index contributed by atoms with van der Waals surface area (Å²) in [5, 5.41) is 11.8. The lowest BCUT2D eigenvalue weighted by atomic mass is 10.1. The van der Waals surface area contributed by atoms with Crippen molar-refractivity contribution >= 4 is 28.3 Å². The van der Waals surface area contributed by atoms with Crippen molar-refractivity contribution in [2.24, 2.45) is 0 Å². The number of carbonyl (C=O) groups is 1. The first-order valence-electron chi connectivity index (χ1n) is 7.86. The number of aromatic hydroxyl groups is 1. The molecule has 0 aliphatic carbocycles. The quantitative estimate of drug-likeness (QED) is 0.532. The third kappa shape index (κ3) is 3.39. The number of phenols is 1. The molecule has 0 heterocycles. The van der Waals surface area contributed by atoms with E-state index in [-0.39, 0.29) is 29.4 Å². The fourth-order valence-corrected chi connectivity index (χ4v) is 2.93. The minimum absolute atomic E-state index is 0.0878. The topological polar surface area (TPSA) is 65.0 Å². The predicted octanol–water partition coefficient (Wildman–Crippen LogP) is 4.36. The summed E-state index contributed by atoms with van der Waals surface area (Å²) < 4.78 is 16.2. The van der Waals surface area contributed by atoms with Crippen molar-refractivity contribution in [3.8, 4) is 23.0 Å². The van der Waals surface area contributed by atoms with Crippen molar-refractivity contribution in [3.63, 3.8) is 0 Å². The van der Waals surface area contributed by atoms with Gasteiger partial charge >= 0.3 is 5.97 Å². The molecule has 3 aromatic carbocycles. The van der Waals surface area contributed by atoms with Gasteiger partial charge in [0.05, 0.1) is 20.6 Å². The minimum atomic E-state index is -0.469. The molecule has 3 rings (SSSR count). The summed E-state index contributed by atoms with van der Waals surface area (Å²) in [6.07, 6.45) is 0.0925. The fraction of sp³-hybridized carbons (Fsp3) is 0.150. The number of carbonyl (C=O) groups excluding carboxylic acids is 1. The summed E-state index contributed by atoms with van der Waals surface area (Å²) in [5.74, 6) is -0.214. The van der Waals surface area contributed by atoms with Crippen LogP contribution in [0.1, 0.15) is 5.56 Å². The first-order chi connectivity index (χ1) is 12.5. The number of esters is 1. The molecule has 0 aliphatic rings. The van der Waals surface area contributed by atoms with Crippen LogP contribution < -0.4 is 14.2 Å². The van der Waals surface area contributed by atoms with Gasteiger partial charge in [-0.25, -0.2) is 0 Å². The van der Waals surface area contributed by atoms with Gasteiger partial charge in [-0.05, 0) is 23.8 Å². The van der Waals surface area contributed by atoms with Gasteiger partial charge < -0.3 is 19.3 Å². The van der Waals surface area contributed by atoms with E-state index in [1.54, 1.807) is 18.2 Å². The van der Waals surface area contributed by atoms with Crippen molar-refractivity contribution in [1.82, 2.24) is 0 Å². The van der Waals surface area contributed by atoms with Crippen LogP contribution in [0.15, 0.2) is 48.5 Å². The Bertz CT molecular complexity index is 954. The van der Waals surface area contributed by atoms with E-state index < -0.39 is 5.97 Å². The molecule has 0 aromatic heterocycles. The van der Waals surface area contributed by atoms with Crippen LogP contribution in [-0.4, -0.2) is 25.3 Å². The number of hydrogen-bond donors (Lipinski definition) is 1. The zero-order chi connectivity index (χ0) is 18.7. The number of ether oxygens (including phenoxy) is 3. The van der Waals surface area contributed by atoms with Gasteiger partial charge in [0.2, 0.25) is 11.5 Å². The molecule has 0 spiro atoms. The molecular formula is C20H17ClO5. The maximum atomic E-state index is 12.4. The van der Waals surface area contributed by atoms with Crippen molar-refractivity contribution in [3.05, 3.63) is 59.1 Å². The smallest absolute Gasteiger partial charge is 0.315 e. The first kappa shape index (κ1) is 17.9. The number of hydrogen-bond acceptors (Lipinski definition) is 5. The Kier molecular flexibility index (Phi) is 5.19. The Hall–Kier alpha value is -2.92. The maximum Gasteiger partial charge on any atom is 0.315 e. The van der Waals surface area contributed by atoms with Gasteiger partial charge in [-0.3, -0.25) is 4.79 Å². The molecule has 0 saturated heterocycles. The maximum absolute atomic E-state index is 12.4. The molecule has 3 aromatic rings.